The predicted molar refractivity (Wildman–Crippen MR) is 128 cm³/mol. The van der Waals surface area contributed by atoms with Crippen LogP contribution in [0.5, 0.6) is 5.75 Å². The lowest BCUT2D eigenvalue weighted by molar-refractivity contribution is -0.141. The molecule has 9 heteroatoms. The van der Waals surface area contributed by atoms with E-state index in [9.17, 15) is 14.4 Å². The molecule has 34 heavy (non-hydrogen) atoms. The molecule has 0 bridgehead atoms. The molecule has 0 aromatic heterocycles. The number of likely N-dealkylation sites (tertiary alicyclic amines) is 2. The molecule has 3 heterocycles. The van der Waals surface area contributed by atoms with Crippen molar-refractivity contribution >= 4 is 29.3 Å². The summed E-state index contributed by atoms with van der Waals surface area (Å²) in [6.07, 6.45) is 3.59. The Morgan fingerprint density at radius 2 is 1.76 bits per heavy atom. The van der Waals surface area contributed by atoms with Crippen LogP contribution in [-0.4, -0.2) is 91.5 Å². The number of benzene rings is 1. The van der Waals surface area contributed by atoms with Crippen molar-refractivity contribution in [2.45, 2.75) is 38.5 Å². The zero-order valence-electron chi connectivity index (χ0n) is 19.7. The number of rotatable bonds is 8. The fourth-order valence-corrected chi connectivity index (χ4v) is 5.15. The van der Waals surface area contributed by atoms with Crippen LogP contribution in [0.4, 0.5) is 0 Å². The van der Waals surface area contributed by atoms with Gasteiger partial charge in [-0.15, -0.1) is 0 Å². The van der Waals surface area contributed by atoms with Crippen LogP contribution >= 0.6 is 11.6 Å². The Kier molecular flexibility index (Phi) is 8.32. The Morgan fingerprint density at radius 3 is 2.44 bits per heavy atom. The van der Waals surface area contributed by atoms with Gasteiger partial charge in [-0.2, -0.15) is 0 Å². The van der Waals surface area contributed by atoms with Gasteiger partial charge in [-0.3, -0.25) is 14.4 Å². The third-order valence-corrected chi connectivity index (χ3v) is 7.41. The van der Waals surface area contributed by atoms with Gasteiger partial charge in [-0.25, -0.2) is 0 Å². The topological polar surface area (TPSA) is 79.4 Å². The Morgan fingerprint density at radius 1 is 1.03 bits per heavy atom. The van der Waals surface area contributed by atoms with Gasteiger partial charge >= 0.3 is 0 Å². The summed E-state index contributed by atoms with van der Waals surface area (Å²) >= 11 is 6.11. The lowest BCUT2D eigenvalue weighted by Gasteiger charge is -2.42. The number of piperidine rings is 1. The van der Waals surface area contributed by atoms with Crippen molar-refractivity contribution in [1.82, 2.24) is 14.7 Å². The van der Waals surface area contributed by atoms with Crippen LogP contribution in [0.1, 0.15) is 38.5 Å². The number of ether oxygens (including phenoxy) is 2. The minimum atomic E-state index is -0.348. The summed E-state index contributed by atoms with van der Waals surface area (Å²) in [4.78, 5) is 43.3. The van der Waals surface area contributed by atoms with Gasteiger partial charge in [0.2, 0.25) is 17.7 Å². The maximum atomic E-state index is 13.1. The van der Waals surface area contributed by atoms with Gasteiger partial charge in [0, 0.05) is 69.0 Å². The number of hydrogen-bond donors (Lipinski definition) is 0. The summed E-state index contributed by atoms with van der Waals surface area (Å²) in [5.41, 5.74) is -0.348. The molecule has 0 N–H and O–H groups in total. The molecule has 3 fully saturated rings. The molecule has 0 atom stereocenters. The van der Waals surface area contributed by atoms with Gasteiger partial charge in [0.25, 0.3) is 0 Å². The highest BCUT2D eigenvalue weighted by Crippen LogP contribution is 2.37. The van der Waals surface area contributed by atoms with Crippen molar-refractivity contribution in [1.29, 1.82) is 0 Å². The molecule has 186 valence electrons. The third-order valence-electron chi connectivity index (χ3n) is 7.17. The van der Waals surface area contributed by atoms with Gasteiger partial charge in [0.05, 0.1) is 19.8 Å². The van der Waals surface area contributed by atoms with Crippen molar-refractivity contribution in [2.75, 3.05) is 59.1 Å². The third kappa shape index (κ3) is 6.42. The smallest absolute Gasteiger partial charge is 0.224 e. The molecule has 0 spiro atoms. The molecule has 4 rings (SSSR count). The predicted octanol–water partition coefficient (Wildman–Crippen LogP) is 2.59. The number of morpholine rings is 1. The van der Waals surface area contributed by atoms with E-state index in [1.54, 1.807) is 17.0 Å². The van der Waals surface area contributed by atoms with Gasteiger partial charge in [-0.1, -0.05) is 17.7 Å². The fourth-order valence-electron chi connectivity index (χ4n) is 4.97. The molecule has 3 amide bonds. The first-order valence-electron chi connectivity index (χ1n) is 12.2. The van der Waals surface area contributed by atoms with Crippen LogP contribution in [0.15, 0.2) is 24.3 Å². The first-order chi connectivity index (χ1) is 16.4. The summed E-state index contributed by atoms with van der Waals surface area (Å²) < 4.78 is 11.5. The molecular weight excluding hydrogens is 458 g/mol. The van der Waals surface area contributed by atoms with E-state index in [1.165, 1.54) is 0 Å². The number of halogens is 1. The number of nitrogens with zero attached hydrogens (tertiary/aromatic N) is 3. The Hall–Kier alpha value is -2.32. The van der Waals surface area contributed by atoms with Crippen LogP contribution in [0.2, 0.25) is 5.02 Å². The lowest BCUT2D eigenvalue weighted by atomic mass is 9.75. The van der Waals surface area contributed by atoms with E-state index in [4.69, 9.17) is 21.1 Å². The largest absolute Gasteiger partial charge is 0.493 e. The Labute approximate surface area is 206 Å². The zero-order chi connectivity index (χ0) is 24.0. The zero-order valence-corrected chi connectivity index (χ0v) is 20.4. The van der Waals surface area contributed by atoms with Crippen molar-refractivity contribution < 1.29 is 23.9 Å². The summed E-state index contributed by atoms with van der Waals surface area (Å²) in [7, 11) is 0. The normalized spacial score (nSPS) is 20.5. The summed E-state index contributed by atoms with van der Waals surface area (Å²) in [6.45, 7) is 5.18. The highest BCUT2D eigenvalue weighted by atomic mass is 35.5. The van der Waals surface area contributed by atoms with E-state index in [0.29, 0.717) is 95.4 Å². The van der Waals surface area contributed by atoms with Gasteiger partial charge in [0.1, 0.15) is 5.75 Å². The fraction of sp³-hybridized carbons (Fsp3) is 0.640. The molecule has 1 aromatic rings. The van der Waals surface area contributed by atoms with Crippen LogP contribution in [-0.2, 0) is 19.1 Å². The molecule has 8 nitrogen and oxygen atoms in total. The quantitative estimate of drug-likeness (QED) is 0.558. The number of carbonyl (C=O) groups excluding carboxylic acids is 3. The summed E-state index contributed by atoms with van der Waals surface area (Å²) in [5.74, 6) is 1.01. The van der Waals surface area contributed by atoms with Crippen molar-refractivity contribution in [3.05, 3.63) is 29.3 Å². The lowest BCUT2D eigenvalue weighted by Crippen LogP contribution is -2.49. The highest BCUT2D eigenvalue weighted by molar-refractivity contribution is 6.30. The van der Waals surface area contributed by atoms with Crippen molar-refractivity contribution in [2.24, 2.45) is 5.41 Å². The number of amides is 3. The standard InChI is InChI=1S/C25H34ClN3O5/c26-20-3-1-4-21(17-20)34-19-25(18-24(32)29-13-15-33-16-14-29)7-11-28(12-8-25)23(31)6-10-27-9-2-5-22(27)30/h1,3-4,17H,2,5-16,18-19H2. The van der Waals surface area contributed by atoms with Crippen LogP contribution < -0.4 is 4.74 Å². The van der Waals surface area contributed by atoms with E-state index in [2.05, 4.69) is 0 Å². The maximum absolute atomic E-state index is 13.1. The number of carbonyl (C=O) groups is 3. The van der Waals surface area contributed by atoms with Crippen LogP contribution in [0, 0.1) is 5.41 Å². The summed E-state index contributed by atoms with van der Waals surface area (Å²) in [5, 5.41) is 0.604. The van der Waals surface area contributed by atoms with Crippen molar-refractivity contribution in [3.8, 4) is 5.75 Å². The first-order valence-corrected chi connectivity index (χ1v) is 12.6. The second-order valence-electron chi connectivity index (χ2n) is 9.53. The van der Waals surface area contributed by atoms with E-state index in [1.807, 2.05) is 21.9 Å². The molecule has 1 aromatic carbocycles. The van der Waals surface area contributed by atoms with Crippen LogP contribution in [0.3, 0.4) is 0 Å². The minimum Gasteiger partial charge on any atom is -0.493 e. The SMILES string of the molecule is O=C1CCCN1CCC(=O)N1CCC(COc2cccc(Cl)c2)(CC(=O)N2CCOCC2)CC1. The Balaban J connectivity index is 1.36. The summed E-state index contributed by atoms with van der Waals surface area (Å²) in [6, 6.07) is 7.28. The van der Waals surface area contributed by atoms with E-state index in [0.717, 1.165) is 13.0 Å². The van der Waals surface area contributed by atoms with Crippen molar-refractivity contribution in [3.63, 3.8) is 0 Å². The molecule has 0 unspecified atom stereocenters. The van der Waals surface area contributed by atoms with Crippen LogP contribution in [0.25, 0.3) is 0 Å². The van der Waals surface area contributed by atoms with Gasteiger partial charge in [-0.05, 0) is 37.5 Å². The second kappa shape index (κ2) is 11.4. The molecule has 3 aliphatic rings. The van der Waals surface area contributed by atoms with Gasteiger partial charge in [0.15, 0.2) is 0 Å². The molecule has 3 saturated heterocycles. The number of hydrogen-bond acceptors (Lipinski definition) is 5. The monoisotopic (exact) mass is 491 g/mol. The van der Waals surface area contributed by atoms with E-state index < -0.39 is 0 Å². The molecule has 0 aliphatic carbocycles. The average Bonchev–Trinajstić information content (AvgIpc) is 3.27. The molecular formula is C25H34ClN3O5. The average molecular weight is 492 g/mol. The minimum absolute atomic E-state index is 0.0727. The Bertz CT molecular complexity index is 881. The second-order valence-corrected chi connectivity index (χ2v) is 9.97. The molecule has 0 saturated carbocycles. The van der Waals surface area contributed by atoms with E-state index in [-0.39, 0.29) is 23.1 Å². The molecule has 3 aliphatic heterocycles. The molecule has 0 radical (unpaired) electrons. The maximum Gasteiger partial charge on any atom is 0.224 e. The first kappa shape index (κ1) is 24.8. The van der Waals surface area contributed by atoms with Gasteiger partial charge < -0.3 is 24.2 Å². The van der Waals surface area contributed by atoms with E-state index >= 15 is 0 Å². The highest BCUT2D eigenvalue weighted by Gasteiger charge is 2.40.